The highest BCUT2D eigenvalue weighted by Crippen LogP contribution is 2.27. The van der Waals surface area contributed by atoms with E-state index < -0.39 is 5.82 Å². The summed E-state index contributed by atoms with van der Waals surface area (Å²) < 4.78 is 23.8. The second-order valence-electron chi connectivity index (χ2n) is 4.60. The van der Waals surface area contributed by atoms with E-state index >= 15 is 0 Å². The molecule has 1 unspecified atom stereocenters. The lowest BCUT2D eigenvalue weighted by Crippen LogP contribution is -2.12. The van der Waals surface area contributed by atoms with Crippen molar-refractivity contribution in [1.29, 1.82) is 0 Å². The van der Waals surface area contributed by atoms with Crippen molar-refractivity contribution in [3.05, 3.63) is 58.9 Å². The molecule has 20 heavy (non-hydrogen) atoms. The van der Waals surface area contributed by atoms with Gasteiger partial charge in [0.05, 0.1) is 20.3 Å². The normalized spacial score (nSPS) is 12.1. The Morgan fingerprint density at radius 3 is 2.00 bits per heavy atom. The highest BCUT2D eigenvalue weighted by atomic mass is 19.1. The van der Waals surface area contributed by atoms with E-state index in [4.69, 9.17) is 15.2 Å². The van der Waals surface area contributed by atoms with Crippen molar-refractivity contribution in [2.45, 2.75) is 13.0 Å². The standard InChI is InChI=1S/C16H18FNO2/c1-10-8-11(4-6-14(10)19-2)16(18)12-5-7-15(20-3)13(17)9-12/h4-9,16H,18H2,1-3H3. The summed E-state index contributed by atoms with van der Waals surface area (Å²) in [7, 11) is 3.06. The molecule has 0 aliphatic rings. The van der Waals surface area contributed by atoms with Crippen LogP contribution in [-0.4, -0.2) is 14.2 Å². The van der Waals surface area contributed by atoms with E-state index in [9.17, 15) is 4.39 Å². The summed E-state index contributed by atoms with van der Waals surface area (Å²) in [5.41, 5.74) is 8.80. The third-order valence-electron chi connectivity index (χ3n) is 3.31. The number of aryl methyl sites for hydroxylation is 1. The summed E-state index contributed by atoms with van der Waals surface area (Å²) in [6, 6.07) is 10.1. The van der Waals surface area contributed by atoms with Gasteiger partial charge in [0.25, 0.3) is 0 Å². The molecule has 0 fully saturated rings. The van der Waals surface area contributed by atoms with Crippen molar-refractivity contribution < 1.29 is 13.9 Å². The lowest BCUT2D eigenvalue weighted by Gasteiger charge is -2.15. The molecule has 0 aliphatic carbocycles. The second-order valence-corrected chi connectivity index (χ2v) is 4.60. The van der Waals surface area contributed by atoms with E-state index in [0.29, 0.717) is 5.56 Å². The van der Waals surface area contributed by atoms with Gasteiger partial charge in [-0.05, 0) is 41.8 Å². The molecule has 4 heteroatoms. The monoisotopic (exact) mass is 275 g/mol. The van der Waals surface area contributed by atoms with Crippen LogP contribution in [0.25, 0.3) is 0 Å². The molecule has 1 atom stereocenters. The van der Waals surface area contributed by atoms with Crippen LogP contribution in [0.5, 0.6) is 11.5 Å². The van der Waals surface area contributed by atoms with Gasteiger partial charge in [-0.1, -0.05) is 18.2 Å². The average Bonchev–Trinajstić information content (AvgIpc) is 2.46. The molecule has 0 spiro atoms. The fourth-order valence-corrected chi connectivity index (χ4v) is 2.16. The van der Waals surface area contributed by atoms with Gasteiger partial charge in [-0.2, -0.15) is 0 Å². The molecule has 0 aromatic heterocycles. The number of ether oxygens (including phenoxy) is 2. The number of benzene rings is 2. The molecule has 0 aliphatic heterocycles. The SMILES string of the molecule is COc1ccc(C(N)c2ccc(OC)c(F)c2)cc1C. The van der Waals surface area contributed by atoms with Crippen molar-refractivity contribution in [3.8, 4) is 11.5 Å². The quantitative estimate of drug-likeness (QED) is 0.932. The minimum absolute atomic E-state index is 0.215. The summed E-state index contributed by atoms with van der Waals surface area (Å²) in [6.07, 6.45) is 0. The number of rotatable bonds is 4. The van der Waals surface area contributed by atoms with Gasteiger partial charge in [0, 0.05) is 0 Å². The number of nitrogens with two attached hydrogens (primary N) is 1. The molecule has 0 saturated heterocycles. The van der Waals surface area contributed by atoms with Crippen molar-refractivity contribution in [2.24, 2.45) is 5.73 Å². The maximum atomic E-state index is 13.7. The smallest absolute Gasteiger partial charge is 0.165 e. The van der Waals surface area contributed by atoms with E-state index in [0.717, 1.165) is 16.9 Å². The van der Waals surface area contributed by atoms with Gasteiger partial charge in [0.1, 0.15) is 5.75 Å². The maximum Gasteiger partial charge on any atom is 0.165 e. The first-order chi connectivity index (χ1) is 9.56. The molecular formula is C16H18FNO2. The van der Waals surface area contributed by atoms with Crippen LogP contribution < -0.4 is 15.2 Å². The Kier molecular flexibility index (Phi) is 4.25. The lowest BCUT2D eigenvalue weighted by molar-refractivity contribution is 0.386. The van der Waals surface area contributed by atoms with Crippen LogP contribution in [0.4, 0.5) is 4.39 Å². The second kappa shape index (κ2) is 5.92. The third-order valence-corrected chi connectivity index (χ3v) is 3.31. The van der Waals surface area contributed by atoms with Gasteiger partial charge in [0.2, 0.25) is 0 Å². The zero-order chi connectivity index (χ0) is 14.7. The van der Waals surface area contributed by atoms with E-state index in [1.165, 1.54) is 13.2 Å². The van der Waals surface area contributed by atoms with E-state index in [2.05, 4.69) is 0 Å². The molecule has 0 radical (unpaired) electrons. The van der Waals surface area contributed by atoms with Crippen molar-refractivity contribution >= 4 is 0 Å². The van der Waals surface area contributed by atoms with Crippen LogP contribution in [0.2, 0.25) is 0 Å². The molecular weight excluding hydrogens is 257 g/mol. The largest absolute Gasteiger partial charge is 0.496 e. The fourth-order valence-electron chi connectivity index (χ4n) is 2.16. The van der Waals surface area contributed by atoms with Gasteiger partial charge < -0.3 is 15.2 Å². The molecule has 2 rings (SSSR count). The van der Waals surface area contributed by atoms with Crippen LogP contribution in [0, 0.1) is 12.7 Å². The first-order valence-electron chi connectivity index (χ1n) is 6.30. The van der Waals surface area contributed by atoms with E-state index in [1.54, 1.807) is 19.2 Å². The number of hydrogen-bond acceptors (Lipinski definition) is 3. The zero-order valence-electron chi connectivity index (χ0n) is 11.8. The zero-order valence-corrected chi connectivity index (χ0v) is 11.8. The molecule has 0 amide bonds. The number of halogens is 1. The minimum atomic E-state index is -0.411. The summed E-state index contributed by atoms with van der Waals surface area (Å²) in [4.78, 5) is 0. The number of hydrogen-bond donors (Lipinski definition) is 1. The fraction of sp³-hybridized carbons (Fsp3) is 0.250. The van der Waals surface area contributed by atoms with Crippen LogP contribution in [0.1, 0.15) is 22.7 Å². The summed E-state index contributed by atoms with van der Waals surface area (Å²) in [5, 5.41) is 0. The molecule has 3 nitrogen and oxygen atoms in total. The molecule has 106 valence electrons. The molecule has 2 aromatic rings. The van der Waals surface area contributed by atoms with Crippen LogP contribution in [-0.2, 0) is 0 Å². The summed E-state index contributed by atoms with van der Waals surface area (Å²) in [6.45, 7) is 1.95. The molecule has 2 aromatic carbocycles. The van der Waals surface area contributed by atoms with Crippen molar-refractivity contribution in [3.63, 3.8) is 0 Å². The third kappa shape index (κ3) is 2.75. The topological polar surface area (TPSA) is 44.5 Å². The molecule has 0 bridgehead atoms. The van der Waals surface area contributed by atoms with Crippen LogP contribution in [0.15, 0.2) is 36.4 Å². The van der Waals surface area contributed by atoms with Crippen molar-refractivity contribution in [1.82, 2.24) is 0 Å². The first-order valence-corrected chi connectivity index (χ1v) is 6.30. The minimum Gasteiger partial charge on any atom is -0.496 e. The van der Waals surface area contributed by atoms with E-state index in [-0.39, 0.29) is 11.8 Å². The Morgan fingerprint density at radius 2 is 1.50 bits per heavy atom. The lowest BCUT2D eigenvalue weighted by atomic mass is 9.97. The van der Waals surface area contributed by atoms with Crippen LogP contribution in [0.3, 0.4) is 0 Å². The van der Waals surface area contributed by atoms with Gasteiger partial charge in [0.15, 0.2) is 11.6 Å². The Labute approximate surface area is 118 Å². The summed E-state index contributed by atoms with van der Waals surface area (Å²) in [5.74, 6) is 0.611. The van der Waals surface area contributed by atoms with Gasteiger partial charge in [-0.3, -0.25) is 0 Å². The van der Waals surface area contributed by atoms with Gasteiger partial charge in [-0.15, -0.1) is 0 Å². The Hall–Kier alpha value is -2.07. The highest BCUT2D eigenvalue weighted by Gasteiger charge is 2.13. The number of methoxy groups -OCH3 is 2. The van der Waals surface area contributed by atoms with Crippen molar-refractivity contribution in [2.75, 3.05) is 14.2 Å². The van der Waals surface area contributed by atoms with E-state index in [1.807, 2.05) is 25.1 Å². The maximum absolute atomic E-state index is 13.7. The highest BCUT2D eigenvalue weighted by molar-refractivity contribution is 5.41. The Morgan fingerprint density at radius 1 is 0.950 bits per heavy atom. The Bertz CT molecular complexity index is 560. The predicted molar refractivity (Wildman–Crippen MR) is 76.7 cm³/mol. The van der Waals surface area contributed by atoms with Gasteiger partial charge in [-0.25, -0.2) is 4.39 Å². The summed E-state index contributed by atoms with van der Waals surface area (Å²) >= 11 is 0. The molecule has 0 heterocycles. The molecule has 0 saturated carbocycles. The first kappa shape index (κ1) is 14.3. The Balaban J connectivity index is 2.33. The van der Waals surface area contributed by atoms with Crippen LogP contribution >= 0.6 is 0 Å². The molecule has 2 N–H and O–H groups in total. The average molecular weight is 275 g/mol. The van der Waals surface area contributed by atoms with Gasteiger partial charge >= 0.3 is 0 Å². The predicted octanol–water partition coefficient (Wildman–Crippen LogP) is 3.20.